The fourth-order valence-corrected chi connectivity index (χ4v) is 3.20. The number of hydrogen-bond acceptors (Lipinski definition) is 4. The second kappa shape index (κ2) is 6.52. The molecule has 0 aromatic heterocycles. The van der Waals surface area contributed by atoms with Gasteiger partial charge in [-0.25, -0.2) is 8.42 Å². The molecular formula is C13H15Cl2NO4S. The average Bonchev–Trinajstić information content (AvgIpc) is 2.37. The molecule has 8 heteroatoms. The van der Waals surface area contributed by atoms with E-state index >= 15 is 0 Å². The minimum atomic E-state index is -3.90. The number of amides is 1. The van der Waals surface area contributed by atoms with E-state index in [2.05, 4.69) is 5.32 Å². The van der Waals surface area contributed by atoms with Crippen molar-refractivity contribution in [2.45, 2.75) is 36.8 Å². The van der Waals surface area contributed by atoms with Crippen LogP contribution >= 0.6 is 22.3 Å². The van der Waals surface area contributed by atoms with Crippen molar-refractivity contribution >= 4 is 37.2 Å². The lowest BCUT2D eigenvalue weighted by molar-refractivity contribution is 0.0136. The van der Waals surface area contributed by atoms with E-state index < -0.39 is 15.0 Å². The monoisotopic (exact) mass is 351 g/mol. The Kier molecular flexibility index (Phi) is 5.14. The summed E-state index contributed by atoms with van der Waals surface area (Å²) in [4.78, 5) is 12.1. The van der Waals surface area contributed by atoms with Crippen LogP contribution in [0.1, 0.15) is 30.1 Å². The molecule has 1 aliphatic heterocycles. The Bertz CT molecular complexity index is 648. The summed E-state index contributed by atoms with van der Waals surface area (Å²) in [5.41, 5.74) is 0.0949. The van der Waals surface area contributed by atoms with Crippen LogP contribution in [0.5, 0.6) is 0 Å². The maximum atomic E-state index is 12.2. The van der Waals surface area contributed by atoms with Gasteiger partial charge in [0.05, 0.1) is 21.6 Å². The summed E-state index contributed by atoms with van der Waals surface area (Å²) in [6.45, 7) is 2.52. The summed E-state index contributed by atoms with van der Waals surface area (Å²) in [6.07, 6.45) is 1.49. The van der Waals surface area contributed by atoms with Crippen molar-refractivity contribution in [2.75, 3.05) is 6.61 Å². The highest BCUT2D eigenvalue weighted by Crippen LogP contribution is 2.23. The third-order valence-corrected chi connectivity index (χ3v) is 4.97. The predicted molar refractivity (Wildman–Crippen MR) is 80.4 cm³/mol. The zero-order chi connectivity index (χ0) is 15.6. The van der Waals surface area contributed by atoms with Crippen molar-refractivity contribution in [1.82, 2.24) is 5.32 Å². The zero-order valence-corrected chi connectivity index (χ0v) is 13.6. The summed E-state index contributed by atoms with van der Waals surface area (Å²) in [6, 6.07) is 3.77. The highest BCUT2D eigenvalue weighted by Gasteiger charge is 2.23. The van der Waals surface area contributed by atoms with Gasteiger partial charge >= 0.3 is 0 Å². The van der Waals surface area contributed by atoms with Gasteiger partial charge in [-0.05, 0) is 38.0 Å². The lowest BCUT2D eigenvalue weighted by atomic mass is 10.0. The molecule has 0 aliphatic carbocycles. The molecule has 0 spiro atoms. The van der Waals surface area contributed by atoms with E-state index in [1.165, 1.54) is 18.2 Å². The molecule has 1 aromatic carbocycles. The molecule has 21 heavy (non-hydrogen) atoms. The number of carbonyl (C=O) groups is 1. The standard InChI is InChI=1S/C13H15Cl2NO4S/c1-8-6-9(4-5-20-8)16-13(17)11-7-10(21(15,18)19)2-3-12(11)14/h2-3,7-9H,4-6H2,1H3,(H,16,17). The molecule has 1 saturated heterocycles. The predicted octanol–water partition coefficient (Wildman–Crippen LogP) is 2.56. The quantitative estimate of drug-likeness (QED) is 0.849. The smallest absolute Gasteiger partial charge is 0.261 e. The highest BCUT2D eigenvalue weighted by atomic mass is 35.7. The largest absolute Gasteiger partial charge is 0.378 e. The fraction of sp³-hybridized carbons (Fsp3) is 0.462. The lowest BCUT2D eigenvalue weighted by Crippen LogP contribution is -2.41. The second-order valence-electron chi connectivity index (χ2n) is 4.96. The van der Waals surface area contributed by atoms with E-state index in [1.807, 2.05) is 6.92 Å². The van der Waals surface area contributed by atoms with Crippen molar-refractivity contribution in [3.05, 3.63) is 28.8 Å². The topological polar surface area (TPSA) is 72.5 Å². The normalized spacial score (nSPS) is 22.8. The summed E-state index contributed by atoms with van der Waals surface area (Å²) in [5.74, 6) is -0.415. The Labute approximate surface area is 133 Å². The van der Waals surface area contributed by atoms with Crippen LogP contribution < -0.4 is 5.32 Å². The number of rotatable bonds is 3. The van der Waals surface area contributed by atoms with Crippen molar-refractivity contribution in [1.29, 1.82) is 0 Å². The van der Waals surface area contributed by atoms with Gasteiger partial charge in [0, 0.05) is 23.3 Å². The lowest BCUT2D eigenvalue weighted by Gasteiger charge is -2.28. The average molecular weight is 352 g/mol. The van der Waals surface area contributed by atoms with E-state index in [-0.39, 0.29) is 27.6 Å². The molecule has 2 atom stereocenters. The third kappa shape index (κ3) is 4.32. The summed E-state index contributed by atoms with van der Waals surface area (Å²) >= 11 is 5.96. The van der Waals surface area contributed by atoms with Crippen LogP contribution in [0.25, 0.3) is 0 Å². The molecule has 1 amide bonds. The third-order valence-electron chi connectivity index (χ3n) is 3.28. The van der Waals surface area contributed by atoms with Crippen LogP contribution in [0, 0.1) is 0 Å². The minimum Gasteiger partial charge on any atom is -0.378 e. The number of hydrogen-bond donors (Lipinski definition) is 1. The SMILES string of the molecule is CC1CC(NC(=O)c2cc(S(=O)(=O)Cl)ccc2Cl)CCO1. The Balaban J connectivity index is 2.18. The minimum absolute atomic E-state index is 0.0198. The van der Waals surface area contributed by atoms with Crippen LogP contribution in [0.2, 0.25) is 5.02 Å². The molecule has 5 nitrogen and oxygen atoms in total. The molecule has 1 heterocycles. The zero-order valence-electron chi connectivity index (χ0n) is 11.3. The molecule has 0 saturated carbocycles. The molecule has 0 bridgehead atoms. The van der Waals surface area contributed by atoms with E-state index in [0.29, 0.717) is 19.4 Å². The van der Waals surface area contributed by atoms with Gasteiger partial charge in [0.25, 0.3) is 15.0 Å². The molecule has 1 fully saturated rings. The van der Waals surface area contributed by atoms with E-state index in [1.54, 1.807) is 0 Å². The van der Waals surface area contributed by atoms with Crippen LogP contribution in [-0.4, -0.2) is 33.1 Å². The van der Waals surface area contributed by atoms with Gasteiger partial charge in [-0.2, -0.15) is 0 Å². The Morgan fingerprint density at radius 2 is 2.14 bits per heavy atom. The molecular weight excluding hydrogens is 337 g/mol. The summed E-state index contributed by atoms with van der Waals surface area (Å²) < 4.78 is 28.1. The highest BCUT2D eigenvalue weighted by molar-refractivity contribution is 8.13. The molecule has 1 aliphatic rings. The number of benzene rings is 1. The molecule has 2 unspecified atom stereocenters. The number of carbonyl (C=O) groups excluding carboxylic acids is 1. The Morgan fingerprint density at radius 1 is 1.43 bits per heavy atom. The first kappa shape index (κ1) is 16.5. The molecule has 1 N–H and O–H groups in total. The van der Waals surface area contributed by atoms with Crippen molar-refractivity contribution in [2.24, 2.45) is 0 Å². The van der Waals surface area contributed by atoms with Crippen LogP contribution in [0.3, 0.4) is 0 Å². The summed E-state index contributed by atoms with van der Waals surface area (Å²) in [5, 5.41) is 3.02. The number of ether oxygens (including phenoxy) is 1. The van der Waals surface area contributed by atoms with Gasteiger partial charge in [-0.1, -0.05) is 11.6 Å². The van der Waals surface area contributed by atoms with E-state index in [0.717, 1.165) is 0 Å². The molecule has 0 radical (unpaired) electrons. The van der Waals surface area contributed by atoms with Crippen LogP contribution in [0.15, 0.2) is 23.1 Å². The fourth-order valence-electron chi connectivity index (χ4n) is 2.22. The van der Waals surface area contributed by atoms with Gasteiger partial charge in [0.2, 0.25) is 0 Å². The van der Waals surface area contributed by atoms with E-state index in [9.17, 15) is 13.2 Å². The first-order chi connectivity index (χ1) is 9.77. The number of halogens is 2. The van der Waals surface area contributed by atoms with Gasteiger partial charge in [0.1, 0.15) is 0 Å². The van der Waals surface area contributed by atoms with Crippen LogP contribution in [-0.2, 0) is 13.8 Å². The Hall–Kier alpha value is -0.820. The van der Waals surface area contributed by atoms with Crippen molar-refractivity contribution < 1.29 is 17.9 Å². The number of nitrogens with one attached hydrogen (secondary N) is 1. The van der Waals surface area contributed by atoms with Gasteiger partial charge in [0.15, 0.2) is 0 Å². The van der Waals surface area contributed by atoms with Gasteiger partial charge in [-0.15, -0.1) is 0 Å². The molecule has 116 valence electrons. The molecule has 1 aromatic rings. The Morgan fingerprint density at radius 3 is 2.76 bits per heavy atom. The van der Waals surface area contributed by atoms with E-state index in [4.69, 9.17) is 27.0 Å². The molecule has 2 rings (SSSR count). The van der Waals surface area contributed by atoms with Gasteiger partial charge < -0.3 is 10.1 Å². The van der Waals surface area contributed by atoms with Gasteiger partial charge in [-0.3, -0.25) is 4.79 Å². The van der Waals surface area contributed by atoms with Crippen molar-refractivity contribution in [3.8, 4) is 0 Å². The van der Waals surface area contributed by atoms with Crippen molar-refractivity contribution in [3.63, 3.8) is 0 Å². The first-order valence-corrected chi connectivity index (χ1v) is 9.13. The first-order valence-electron chi connectivity index (χ1n) is 6.44. The second-order valence-corrected chi connectivity index (χ2v) is 7.93. The summed E-state index contributed by atoms with van der Waals surface area (Å²) in [7, 11) is 1.38. The van der Waals surface area contributed by atoms with Crippen LogP contribution in [0.4, 0.5) is 0 Å². The maximum Gasteiger partial charge on any atom is 0.261 e. The maximum absolute atomic E-state index is 12.2.